The third kappa shape index (κ3) is 3.80. The Morgan fingerprint density at radius 2 is 2.03 bits per heavy atom. The number of benzene rings is 1. The molecule has 0 aliphatic carbocycles. The average molecular weight is 509 g/mol. The van der Waals surface area contributed by atoms with E-state index in [1.54, 1.807) is 30.8 Å². The van der Waals surface area contributed by atoms with Crippen LogP contribution in [0.4, 0.5) is 0 Å². The van der Waals surface area contributed by atoms with Gasteiger partial charge in [0, 0.05) is 11.1 Å². The topological polar surface area (TPSA) is 122 Å². The van der Waals surface area contributed by atoms with E-state index in [0.29, 0.717) is 45.9 Å². The van der Waals surface area contributed by atoms with E-state index in [2.05, 4.69) is 10.1 Å². The van der Waals surface area contributed by atoms with Gasteiger partial charge in [0.05, 0.1) is 22.7 Å². The predicted molar refractivity (Wildman–Crippen MR) is 135 cm³/mol. The lowest BCUT2D eigenvalue weighted by Crippen LogP contribution is -2.26. The van der Waals surface area contributed by atoms with Gasteiger partial charge in [-0.3, -0.25) is 9.59 Å². The first-order valence-electron chi connectivity index (χ1n) is 11.4. The number of hydrogen-bond acceptors (Lipinski definition) is 7. The monoisotopic (exact) mass is 508 g/mol. The first-order valence-corrected chi connectivity index (χ1v) is 11.8. The predicted octanol–water partition coefficient (Wildman–Crippen LogP) is 4.69. The summed E-state index contributed by atoms with van der Waals surface area (Å²) in [5.74, 6) is 0.349. The van der Waals surface area contributed by atoms with E-state index in [-0.39, 0.29) is 27.6 Å². The molecule has 0 saturated carbocycles. The fourth-order valence-corrected chi connectivity index (χ4v) is 4.59. The van der Waals surface area contributed by atoms with Gasteiger partial charge in [0.25, 0.3) is 5.91 Å². The summed E-state index contributed by atoms with van der Waals surface area (Å²) >= 11 is 5.93. The van der Waals surface area contributed by atoms with Gasteiger partial charge in [-0.15, -0.1) is 0 Å². The van der Waals surface area contributed by atoms with Crippen LogP contribution >= 0.6 is 11.6 Å². The molecule has 5 rings (SSSR count). The maximum Gasteiger partial charge on any atom is 0.271 e. The van der Waals surface area contributed by atoms with E-state index in [1.165, 1.54) is 12.1 Å². The summed E-state index contributed by atoms with van der Waals surface area (Å²) < 4.78 is 20.2. The van der Waals surface area contributed by atoms with Gasteiger partial charge >= 0.3 is 0 Å². The molecule has 1 aromatic carbocycles. The zero-order valence-corrected chi connectivity index (χ0v) is 21.3. The number of nitrogens with zero attached hydrogens (tertiary/aromatic N) is 3. The highest BCUT2D eigenvalue weighted by Crippen LogP contribution is 2.41. The molecule has 1 aliphatic heterocycles. The zero-order chi connectivity index (χ0) is 25.9. The van der Waals surface area contributed by atoms with Gasteiger partial charge in [0.2, 0.25) is 5.88 Å². The number of pyridine rings is 1. The van der Waals surface area contributed by atoms with Crippen molar-refractivity contribution in [3.05, 3.63) is 68.2 Å². The van der Waals surface area contributed by atoms with Crippen LogP contribution in [0.15, 0.2) is 39.7 Å². The number of nitrogens with two attached hydrogens (primary N) is 1. The van der Waals surface area contributed by atoms with Crippen LogP contribution in [0.3, 0.4) is 0 Å². The molecule has 0 bridgehead atoms. The number of carbonyl (C=O) groups excluding carboxylic acids is 1. The maximum absolute atomic E-state index is 13.5. The van der Waals surface area contributed by atoms with Crippen LogP contribution in [-0.2, 0) is 5.54 Å². The van der Waals surface area contributed by atoms with Crippen molar-refractivity contribution in [3.8, 4) is 23.0 Å². The summed E-state index contributed by atoms with van der Waals surface area (Å²) in [6.45, 7) is 9.91. The lowest BCUT2D eigenvalue weighted by atomic mass is 10.0. The second-order valence-electron chi connectivity index (χ2n) is 9.60. The van der Waals surface area contributed by atoms with Gasteiger partial charge in [-0.05, 0) is 64.4 Å². The lowest BCUT2D eigenvalue weighted by molar-refractivity contribution is 0.0988. The second kappa shape index (κ2) is 8.37. The number of aromatic nitrogens is 3. The fraction of sp³-hybridized carbons (Fsp3) is 0.308. The van der Waals surface area contributed by atoms with Crippen molar-refractivity contribution in [2.24, 2.45) is 5.73 Å². The molecule has 0 radical (unpaired) electrons. The largest absolute Gasteiger partial charge is 0.483 e. The van der Waals surface area contributed by atoms with Crippen molar-refractivity contribution in [1.29, 1.82) is 0 Å². The Balaban J connectivity index is 1.67. The van der Waals surface area contributed by atoms with E-state index >= 15 is 0 Å². The molecule has 0 unspecified atom stereocenters. The zero-order valence-electron chi connectivity index (χ0n) is 20.5. The van der Waals surface area contributed by atoms with Crippen LogP contribution < -0.4 is 20.6 Å². The highest BCUT2D eigenvalue weighted by atomic mass is 35.5. The van der Waals surface area contributed by atoms with Gasteiger partial charge in [0.15, 0.2) is 16.9 Å². The van der Waals surface area contributed by atoms with E-state index in [0.717, 1.165) is 5.56 Å². The standard InChI is InChI=1S/C26H25ClN4O5/c1-12-8-15(14(3)35-18-6-7-19(27)30-20(18)24(28)33)23-16(9-12)21(32)13(2)22(36-23)17-10-29-31-25(17)34-11-26(31,4)5/h6-10,14H,11H2,1-5H3,(H2,28,33)/t14-/m1/s1. The first-order chi connectivity index (χ1) is 17.0. The summed E-state index contributed by atoms with van der Waals surface area (Å²) in [7, 11) is 0. The average Bonchev–Trinajstić information content (AvgIpc) is 3.38. The number of fused-ring (bicyclic) bond motifs is 2. The quantitative estimate of drug-likeness (QED) is 0.388. The van der Waals surface area contributed by atoms with Gasteiger partial charge in [0.1, 0.15) is 29.2 Å². The van der Waals surface area contributed by atoms with Crippen molar-refractivity contribution in [1.82, 2.24) is 14.8 Å². The minimum atomic E-state index is -0.767. The number of hydrogen-bond donors (Lipinski definition) is 1. The van der Waals surface area contributed by atoms with Gasteiger partial charge in [-0.2, -0.15) is 5.10 Å². The van der Waals surface area contributed by atoms with E-state index < -0.39 is 12.0 Å². The number of halogens is 1. The van der Waals surface area contributed by atoms with Crippen LogP contribution in [0, 0.1) is 13.8 Å². The van der Waals surface area contributed by atoms with Gasteiger partial charge < -0.3 is 19.6 Å². The Kier molecular flexibility index (Phi) is 5.55. The molecule has 4 aromatic rings. The normalized spacial score (nSPS) is 14.9. The minimum absolute atomic E-state index is 0.0838. The summed E-state index contributed by atoms with van der Waals surface area (Å²) in [5, 5.41) is 5.03. The first kappa shape index (κ1) is 23.9. The second-order valence-corrected chi connectivity index (χ2v) is 9.98. The van der Waals surface area contributed by atoms with Crippen LogP contribution in [-0.4, -0.2) is 27.3 Å². The molecule has 186 valence electrons. The number of amides is 1. The highest BCUT2D eigenvalue weighted by Gasteiger charge is 2.36. The molecule has 0 fully saturated rings. The van der Waals surface area contributed by atoms with Crippen molar-refractivity contribution in [2.75, 3.05) is 6.61 Å². The number of aryl methyl sites for hydroxylation is 1. The number of carbonyl (C=O) groups is 1. The maximum atomic E-state index is 13.5. The molecular formula is C26H25ClN4O5. The van der Waals surface area contributed by atoms with E-state index in [9.17, 15) is 9.59 Å². The van der Waals surface area contributed by atoms with Gasteiger partial charge in [-0.1, -0.05) is 11.6 Å². The van der Waals surface area contributed by atoms with E-state index in [1.807, 2.05) is 26.8 Å². The number of primary amides is 1. The number of rotatable bonds is 5. The van der Waals surface area contributed by atoms with Crippen LogP contribution in [0.25, 0.3) is 22.3 Å². The molecule has 0 spiro atoms. The fourth-order valence-electron chi connectivity index (χ4n) is 4.44. The lowest BCUT2D eigenvalue weighted by Gasteiger charge is -2.19. The Bertz CT molecular complexity index is 1600. The Morgan fingerprint density at radius 1 is 1.28 bits per heavy atom. The van der Waals surface area contributed by atoms with Crippen molar-refractivity contribution in [2.45, 2.75) is 46.3 Å². The van der Waals surface area contributed by atoms with E-state index in [4.69, 9.17) is 31.2 Å². The Morgan fingerprint density at radius 3 is 2.75 bits per heavy atom. The molecule has 9 nitrogen and oxygen atoms in total. The van der Waals surface area contributed by atoms with Crippen molar-refractivity contribution >= 4 is 28.5 Å². The van der Waals surface area contributed by atoms with Crippen molar-refractivity contribution in [3.63, 3.8) is 0 Å². The summed E-state index contributed by atoms with van der Waals surface area (Å²) in [5.41, 5.74) is 7.82. The molecule has 1 aliphatic rings. The Hall–Kier alpha value is -3.85. The summed E-state index contributed by atoms with van der Waals surface area (Å²) in [4.78, 5) is 29.4. The van der Waals surface area contributed by atoms with Gasteiger partial charge in [-0.25, -0.2) is 9.67 Å². The SMILES string of the molecule is Cc1cc([C@@H](C)Oc2ccc(Cl)nc2C(N)=O)c2oc(-c3cnn4c3OCC4(C)C)c(C)c(=O)c2c1. The molecule has 1 amide bonds. The molecule has 0 saturated heterocycles. The molecular weight excluding hydrogens is 484 g/mol. The van der Waals surface area contributed by atoms with Crippen molar-refractivity contribution < 1.29 is 18.7 Å². The Labute approximate surface area is 211 Å². The third-order valence-corrected chi connectivity index (χ3v) is 6.51. The molecule has 4 heterocycles. The molecule has 2 N–H and O–H groups in total. The summed E-state index contributed by atoms with van der Waals surface area (Å²) in [6, 6.07) is 6.71. The van der Waals surface area contributed by atoms with Crippen LogP contribution in [0.2, 0.25) is 5.15 Å². The highest BCUT2D eigenvalue weighted by molar-refractivity contribution is 6.29. The van der Waals surface area contributed by atoms with Crippen LogP contribution in [0.5, 0.6) is 11.6 Å². The third-order valence-electron chi connectivity index (χ3n) is 6.30. The molecule has 36 heavy (non-hydrogen) atoms. The summed E-state index contributed by atoms with van der Waals surface area (Å²) in [6.07, 6.45) is 1.03. The minimum Gasteiger partial charge on any atom is -0.483 e. The molecule has 3 aromatic heterocycles. The van der Waals surface area contributed by atoms with Crippen LogP contribution in [0.1, 0.15) is 54.1 Å². The molecule has 10 heteroatoms. The smallest absolute Gasteiger partial charge is 0.271 e. The number of ether oxygens (including phenoxy) is 2. The molecule has 1 atom stereocenters.